The standard InChI is InChI=1S/C17H23NO2/c1-13(14(2)19)9-10-15-7-3-4-8-16(15)17(20)18-11-5-6-12-18/h3-4,7-10,13-14,19H,5-6,11-12H2,1-2H3/b10-9+/t13-,14-/m1/s1. The van der Waals surface area contributed by atoms with Crippen LogP contribution in [0.5, 0.6) is 0 Å². The third kappa shape index (κ3) is 3.48. The number of aliphatic hydroxyl groups is 1. The molecule has 3 heteroatoms. The van der Waals surface area contributed by atoms with E-state index in [1.807, 2.05) is 48.2 Å². The Morgan fingerprint density at radius 3 is 2.55 bits per heavy atom. The molecule has 0 bridgehead atoms. The number of amides is 1. The van der Waals surface area contributed by atoms with E-state index in [2.05, 4.69) is 0 Å². The Hall–Kier alpha value is -1.61. The van der Waals surface area contributed by atoms with Crippen molar-refractivity contribution in [1.29, 1.82) is 0 Å². The number of hydrogen-bond donors (Lipinski definition) is 1. The van der Waals surface area contributed by atoms with Crippen molar-refractivity contribution >= 4 is 12.0 Å². The molecule has 1 aromatic carbocycles. The van der Waals surface area contributed by atoms with E-state index >= 15 is 0 Å². The van der Waals surface area contributed by atoms with Gasteiger partial charge < -0.3 is 10.0 Å². The molecule has 1 fully saturated rings. The summed E-state index contributed by atoms with van der Waals surface area (Å²) in [4.78, 5) is 14.4. The van der Waals surface area contributed by atoms with Gasteiger partial charge in [-0.2, -0.15) is 0 Å². The fourth-order valence-corrected chi connectivity index (χ4v) is 2.34. The highest BCUT2D eigenvalue weighted by Crippen LogP contribution is 2.18. The lowest BCUT2D eigenvalue weighted by molar-refractivity contribution is 0.0792. The zero-order chi connectivity index (χ0) is 14.5. The smallest absolute Gasteiger partial charge is 0.254 e. The van der Waals surface area contributed by atoms with Crippen molar-refractivity contribution in [3.63, 3.8) is 0 Å². The monoisotopic (exact) mass is 273 g/mol. The maximum Gasteiger partial charge on any atom is 0.254 e. The molecule has 1 aromatic rings. The number of nitrogens with zero attached hydrogens (tertiary/aromatic N) is 1. The van der Waals surface area contributed by atoms with Gasteiger partial charge in [0.15, 0.2) is 0 Å². The minimum Gasteiger partial charge on any atom is -0.393 e. The van der Waals surface area contributed by atoms with Crippen molar-refractivity contribution < 1.29 is 9.90 Å². The number of aliphatic hydroxyl groups excluding tert-OH is 1. The van der Waals surface area contributed by atoms with E-state index in [4.69, 9.17) is 0 Å². The molecule has 0 radical (unpaired) electrons. The molecule has 2 atom stereocenters. The zero-order valence-electron chi connectivity index (χ0n) is 12.2. The maximum absolute atomic E-state index is 12.5. The lowest BCUT2D eigenvalue weighted by atomic mass is 10.0. The van der Waals surface area contributed by atoms with Gasteiger partial charge in [-0.25, -0.2) is 0 Å². The molecular weight excluding hydrogens is 250 g/mol. The number of likely N-dealkylation sites (tertiary alicyclic amines) is 1. The topological polar surface area (TPSA) is 40.5 Å². The van der Waals surface area contributed by atoms with Gasteiger partial charge in [0.25, 0.3) is 5.91 Å². The molecule has 1 aliphatic rings. The van der Waals surface area contributed by atoms with Crippen molar-refractivity contribution in [2.75, 3.05) is 13.1 Å². The first-order valence-corrected chi connectivity index (χ1v) is 7.34. The van der Waals surface area contributed by atoms with Crippen LogP contribution < -0.4 is 0 Å². The SMILES string of the molecule is C[C@H](/C=C/c1ccccc1C(=O)N1CCCC1)[C@@H](C)O. The van der Waals surface area contributed by atoms with Crippen LogP contribution in [0, 0.1) is 5.92 Å². The number of hydrogen-bond acceptors (Lipinski definition) is 2. The quantitative estimate of drug-likeness (QED) is 0.916. The normalized spacial score (nSPS) is 18.4. The summed E-state index contributed by atoms with van der Waals surface area (Å²) in [5.41, 5.74) is 1.68. The van der Waals surface area contributed by atoms with Gasteiger partial charge in [0, 0.05) is 18.7 Å². The summed E-state index contributed by atoms with van der Waals surface area (Å²) in [6.45, 7) is 5.46. The van der Waals surface area contributed by atoms with E-state index in [1.54, 1.807) is 6.92 Å². The molecule has 3 nitrogen and oxygen atoms in total. The third-order valence-corrected chi connectivity index (χ3v) is 3.92. The molecular formula is C17H23NO2. The summed E-state index contributed by atoms with van der Waals surface area (Å²) in [5, 5.41) is 9.52. The third-order valence-electron chi connectivity index (χ3n) is 3.92. The van der Waals surface area contributed by atoms with Gasteiger partial charge >= 0.3 is 0 Å². The van der Waals surface area contributed by atoms with Crippen LogP contribution in [-0.4, -0.2) is 35.1 Å². The van der Waals surface area contributed by atoms with Crippen LogP contribution in [0.15, 0.2) is 30.3 Å². The molecule has 0 saturated carbocycles. The molecule has 108 valence electrons. The van der Waals surface area contributed by atoms with Gasteiger partial charge in [-0.1, -0.05) is 37.3 Å². The van der Waals surface area contributed by atoms with E-state index < -0.39 is 0 Å². The summed E-state index contributed by atoms with van der Waals surface area (Å²) >= 11 is 0. The maximum atomic E-state index is 12.5. The Bertz CT molecular complexity index is 488. The second-order valence-electron chi connectivity index (χ2n) is 5.55. The number of carbonyl (C=O) groups excluding carboxylic acids is 1. The highest BCUT2D eigenvalue weighted by molar-refractivity contribution is 5.97. The largest absolute Gasteiger partial charge is 0.393 e. The van der Waals surface area contributed by atoms with Crippen molar-refractivity contribution in [3.05, 3.63) is 41.5 Å². The highest BCUT2D eigenvalue weighted by atomic mass is 16.3. The van der Waals surface area contributed by atoms with E-state index in [0.29, 0.717) is 0 Å². The summed E-state index contributed by atoms with van der Waals surface area (Å²) in [5.74, 6) is 0.192. The van der Waals surface area contributed by atoms with E-state index in [0.717, 1.165) is 37.1 Å². The summed E-state index contributed by atoms with van der Waals surface area (Å²) in [7, 11) is 0. The molecule has 2 rings (SSSR count). The molecule has 0 unspecified atom stereocenters. The average molecular weight is 273 g/mol. The molecule has 0 aromatic heterocycles. The second-order valence-corrected chi connectivity index (χ2v) is 5.55. The van der Waals surface area contributed by atoms with Gasteiger partial charge in [0.2, 0.25) is 0 Å². The Morgan fingerprint density at radius 1 is 1.25 bits per heavy atom. The van der Waals surface area contributed by atoms with Crippen molar-refractivity contribution in [1.82, 2.24) is 4.90 Å². The Kier molecular flexibility index (Phi) is 4.96. The van der Waals surface area contributed by atoms with Gasteiger partial charge in [-0.05, 0) is 37.3 Å². The molecule has 20 heavy (non-hydrogen) atoms. The van der Waals surface area contributed by atoms with E-state index in [9.17, 15) is 9.90 Å². The average Bonchev–Trinajstić information content (AvgIpc) is 2.98. The molecule has 1 amide bonds. The Labute approximate surface area is 120 Å². The van der Waals surface area contributed by atoms with Crippen LogP contribution in [0.3, 0.4) is 0 Å². The number of carbonyl (C=O) groups is 1. The molecule has 1 saturated heterocycles. The molecule has 1 aliphatic heterocycles. The van der Waals surface area contributed by atoms with E-state index in [-0.39, 0.29) is 17.9 Å². The molecule has 0 aliphatic carbocycles. The lowest BCUT2D eigenvalue weighted by Gasteiger charge is -2.17. The predicted octanol–water partition coefficient (Wildman–Crippen LogP) is 2.95. The second kappa shape index (κ2) is 6.71. The zero-order valence-corrected chi connectivity index (χ0v) is 12.2. The van der Waals surface area contributed by atoms with Crippen LogP contribution in [-0.2, 0) is 0 Å². The van der Waals surface area contributed by atoms with Crippen LogP contribution >= 0.6 is 0 Å². The fraction of sp³-hybridized carbons (Fsp3) is 0.471. The molecule has 0 spiro atoms. The summed E-state index contributed by atoms with van der Waals surface area (Å²) in [6, 6.07) is 7.67. The van der Waals surface area contributed by atoms with Gasteiger partial charge in [0.05, 0.1) is 6.10 Å². The minimum atomic E-state index is -0.382. The van der Waals surface area contributed by atoms with Gasteiger partial charge in [0.1, 0.15) is 0 Å². The first-order valence-electron chi connectivity index (χ1n) is 7.34. The van der Waals surface area contributed by atoms with Crippen LogP contribution in [0.25, 0.3) is 6.08 Å². The van der Waals surface area contributed by atoms with Crippen LogP contribution in [0.2, 0.25) is 0 Å². The highest BCUT2D eigenvalue weighted by Gasteiger charge is 2.20. The first-order chi connectivity index (χ1) is 9.59. The first kappa shape index (κ1) is 14.8. The molecule has 1 heterocycles. The van der Waals surface area contributed by atoms with Crippen molar-refractivity contribution in [2.45, 2.75) is 32.8 Å². The van der Waals surface area contributed by atoms with Crippen LogP contribution in [0.1, 0.15) is 42.6 Å². The van der Waals surface area contributed by atoms with Crippen molar-refractivity contribution in [2.24, 2.45) is 5.92 Å². The predicted molar refractivity (Wildman–Crippen MR) is 81.5 cm³/mol. The Morgan fingerprint density at radius 2 is 1.90 bits per heavy atom. The lowest BCUT2D eigenvalue weighted by Crippen LogP contribution is -2.28. The summed E-state index contributed by atoms with van der Waals surface area (Å²) in [6.07, 6.45) is 5.72. The summed E-state index contributed by atoms with van der Waals surface area (Å²) < 4.78 is 0. The fourth-order valence-electron chi connectivity index (χ4n) is 2.34. The molecule has 1 N–H and O–H groups in total. The van der Waals surface area contributed by atoms with Gasteiger partial charge in [-0.3, -0.25) is 4.79 Å². The Balaban J connectivity index is 2.19. The van der Waals surface area contributed by atoms with E-state index in [1.165, 1.54) is 0 Å². The van der Waals surface area contributed by atoms with Crippen LogP contribution in [0.4, 0.5) is 0 Å². The number of benzene rings is 1. The number of rotatable bonds is 4. The van der Waals surface area contributed by atoms with Crippen molar-refractivity contribution in [3.8, 4) is 0 Å². The van der Waals surface area contributed by atoms with Gasteiger partial charge in [-0.15, -0.1) is 0 Å². The minimum absolute atomic E-state index is 0.0740.